The molecule has 0 aromatic heterocycles. The molecular formula is C29H32Cl4O8. The van der Waals surface area contributed by atoms with E-state index in [4.69, 9.17) is 65.4 Å². The molecular weight excluding hydrogens is 618 g/mol. The van der Waals surface area contributed by atoms with Crippen molar-refractivity contribution < 1.29 is 38.7 Å². The molecule has 2 N–H and O–H groups in total. The Hall–Kier alpha value is -2.46. The number of benzene rings is 2. The van der Waals surface area contributed by atoms with Crippen molar-refractivity contribution >= 4 is 58.3 Å². The normalized spacial score (nSPS) is 12.8. The molecule has 2 aromatic carbocycles. The molecule has 0 saturated carbocycles. The highest BCUT2D eigenvalue weighted by Gasteiger charge is 2.37. The van der Waals surface area contributed by atoms with E-state index >= 15 is 0 Å². The molecule has 2 aromatic rings. The second-order valence-corrected chi connectivity index (χ2v) is 11.3. The Balaban J connectivity index is 2.92. The van der Waals surface area contributed by atoms with Crippen LogP contribution in [-0.2, 0) is 15.0 Å². The zero-order valence-electron chi connectivity index (χ0n) is 23.5. The van der Waals surface area contributed by atoms with Crippen LogP contribution in [0.25, 0.3) is 0 Å². The Bertz CT molecular complexity index is 1270. The number of aliphatic hydroxyl groups is 2. The second kappa shape index (κ2) is 14.1. The van der Waals surface area contributed by atoms with Crippen molar-refractivity contribution in [3.05, 3.63) is 67.7 Å². The minimum Gasteiger partial charge on any atom is -0.463 e. The molecule has 41 heavy (non-hydrogen) atoms. The van der Waals surface area contributed by atoms with Gasteiger partial charge in [-0.3, -0.25) is 0 Å². The van der Waals surface area contributed by atoms with Crippen LogP contribution in [0.5, 0.6) is 23.0 Å². The maximum atomic E-state index is 12.3. The first-order chi connectivity index (χ1) is 19.0. The number of carbonyl (C=O) groups excluding carboxylic acids is 2. The SMILES string of the molecule is C=C(C)C(=O)Oc1c(Cl)cc(C(C)(C)c2cc(Cl)c(OC(=O)C(=C)C)c(Cl)c2OC(O)CC)c(OC(O)CC)c1Cl. The zero-order chi connectivity index (χ0) is 31.4. The fraction of sp³-hybridized carbons (Fsp3) is 0.379. The summed E-state index contributed by atoms with van der Waals surface area (Å²) in [6, 6.07) is 2.89. The standard InChI is InChI=1S/C29H32Cl4O8/c1-9-19(34)38-23-15(11-17(30)25(21(23)32)40-27(36)13(3)4)29(7,8)16-12-18(31)26(41-28(37)14(5)6)22(33)24(16)39-20(35)10-2/h11-12,19-20,34-35H,3,5,9-10H2,1-2,4,6-8H3. The number of ether oxygens (including phenoxy) is 4. The number of hydrogen-bond acceptors (Lipinski definition) is 8. The van der Waals surface area contributed by atoms with Crippen molar-refractivity contribution in [2.45, 2.75) is 72.4 Å². The molecule has 2 atom stereocenters. The van der Waals surface area contributed by atoms with E-state index in [2.05, 4.69) is 13.2 Å². The Morgan fingerprint density at radius 2 is 1.07 bits per heavy atom. The fourth-order valence-corrected chi connectivity index (χ4v) is 4.61. The van der Waals surface area contributed by atoms with Gasteiger partial charge in [0.05, 0.1) is 10.0 Å². The smallest absolute Gasteiger partial charge is 0.338 e. The molecule has 0 aliphatic heterocycles. The molecule has 12 heteroatoms. The van der Waals surface area contributed by atoms with Gasteiger partial charge in [-0.2, -0.15) is 0 Å². The first kappa shape index (κ1) is 34.7. The molecule has 224 valence electrons. The Morgan fingerprint density at radius 1 is 0.756 bits per heavy atom. The number of hydrogen-bond donors (Lipinski definition) is 2. The fourth-order valence-electron chi connectivity index (χ4n) is 3.46. The number of halogens is 4. The molecule has 0 fully saturated rings. The lowest BCUT2D eigenvalue weighted by Gasteiger charge is -2.33. The average molecular weight is 650 g/mol. The van der Waals surface area contributed by atoms with E-state index in [1.54, 1.807) is 27.7 Å². The van der Waals surface area contributed by atoms with Gasteiger partial charge in [-0.05, 0) is 26.0 Å². The van der Waals surface area contributed by atoms with Crippen LogP contribution in [0.4, 0.5) is 0 Å². The van der Waals surface area contributed by atoms with E-state index < -0.39 is 29.9 Å². The molecule has 0 saturated heterocycles. The van der Waals surface area contributed by atoms with Crippen LogP contribution in [0.3, 0.4) is 0 Å². The van der Waals surface area contributed by atoms with Gasteiger partial charge in [0.25, 0.3) is 0 Å². The summed E-state index contributed by atoms with van der Waals surface area (Å²) in [6.07, 6.45) is -2.20. The van der Waals surface area contributed by atoms with E-state index in [9.17, 15) is 19.8 Å². The lowest BCUT2D eigenvalue weighted by atomic mass is 9.77. The van der Waals surface area contributed by atoms with Crippen molar-refractivity contribution in [1.29, 1.82) is 0 Å². The first-order valence-corrected chi connectivity index (χ1v) is 14.0. The van der Waals surface area contributed by atoms with E-state index in [0.29, 0.717) is 11.1 Å². The predicted molar refractivity (Wildman–Crippen MR) is 160 cm³/mol. The molecule has 0 amide bonds. The van der Waals surface area contributed by atoms with Crippen molar-refractivity contribution in [2.24, 2.45) is 0 Å². The molecule has 2 rings (SSSR count). The summed E-state index contributed by atoms with van der Waals surface area (Å²) >= 11 is 26.4. The van der Waals surface area contributed by atoms with Gasteiger partial charge in [0.15, 0.2) is 24.1 Å². The summed E-state index contributed by atoms with van der Waals surface area (Å²) in [5.74, 6) is -2.04. The molecule has 0 aliphatic carbocycles. The van der Waals surface area contributed by atoms with Gasteiger partial charge < -0.3 is 29.2 Å². The first-order valence-electron chi connectivity index (χ1n) is 12.5. The van der Waals surface area contributed by atoms with E-state index in [-0.39, 0.29) is 67.1 Å². The molecule has 0 bridgehead atoms. The number of carbonyl (C=O) groups is 2. The van der Waals surface area contributed by atoms with E-state index in [1.807, 2.05) is 0 Å². The van der Waals surface area contributed by atoms with E-state index in [0.717, 1.165) is 0 Å². The number of aliphatic hydroxyl groups excluding tert-OH is 2. The van der Waals surface area contributed by atoms with Gasteiger partial charge in [0.1, 0.15) is 21.5 Å². The third-order valence-corrected chi connectivity index (χ3v) is 7.15. The van der Waals surface area contributed by atoms with Crippen molar-refractivity contribution in [3.8, 4) is 23.0 Å². The minimum absolute atomic E-state index is 0.0491. The largest absolute Gasteiger partial charge is 0.463 e. The average Bonchev–Trinajstić information content (AvgIpc) is 2.90. The summed E-state index contributed by atoms with van der Waals surface area (Å²) in [7, 11) is 0. The quantitative estimate of drug-likeness (QED) is 0.104. The Kier molecular flexibility index (Phi) is 12.0. The molecule has 2 unspecified atom stereocenters. The summed E-state index contributed by atoms with van der Waals surface area (Å²) in [4.78, 5) is 24.5. The van der Waals surface area contributed by atoms with Crippen LogP contribution in [0.1, 0.15) is 65.5 Å². The summed E-state index contributed by atoms with van der Waals surface area (Å²) in [5, 5.41) is 20.3. The summed E-state index contributed by atoms with van der Waals surface area (Å²) < 4.78 is 22.3. The Labute approximate surface area is 259 Å². The molecule has 0 heterocycles. The predicted octanol–water partition coefficient (Wildman–Crippen LogP) is 7.80. The van der Waals surface area contributed by atoms with E-state index in [1.165, 1.54) is 26.0 Å². The molecule has 0 spiro atoms. The third kappa shape index (κ3) is 7.89. The highest BCUT2D eigenvalue weighted by Crippen LogP contribution is 2.53. The minimum atomic E-state index is -1.29. The number of rotatable bonds is 12. The van der Waals surface area contributed by atoms with Crippen LogP contribution < -0.4 is 18.9 Å². The third-order valence-electron chi connectivity index (χ3n) is 5.90. The lowest BCUT2D eigenvalue weighted by Crippen LogP contribution is -2.26. The van der Waals surface area contributed by atoms with Crippen molar-refractivity contribution in [1.82, 2.24) is 0 Å². The van der Waals surface area contributed by atoms with Crippen LogP contribution in [0, 0.1) is 0 Å². The van der Waals surface area contributed by atoms with Gasteiger partial charge in [-0.15, -0.1) is 0 Å². The molecule has 8 nitrogen and oxygen atoms in total. The lowest BCUT2D eigenvalue weighted by molar-refractivity contribution is -0.130. The second-order valence-electron chi connectivity index (χ2n) is 9.68. The highest BCUT2D eigenvalue weighted by atomic mass is 35.5. The molecule has 0 radical (unpaired) electrons. The van der Waals surface area contributed by atoms with Crippen LogP contribution in [-0.4, -0.2) is 34.7 Å². The van der Waals surface area contributed by atoms with Gasteiger partial charge in [-0.1, -0.05) is 87.3 Å². The van der Waals surface area contributed by atoms with Gasteiger partial charge in [-0.25, -0.2) is 9.59 Å². The van der Waals surface area contributed by atoms with Crippen molar-refractivity contribution in [3.63, 3.8) is 0 Å². The Morgan fingerprint density at radius 3 is 1.34 bits per heavy atom. The highest BCUT2D eigenvalue weighted by molar-refractivity contribution is 6.39. The van der Waals surface area contributed by atoms with Crippen molar-refractivity contribution in [2.75, 3.05) is 0 Å². The van der Waals surface area contributed by atoms with Crippen LogP contribution >= 0.6 is 46.4 Å². The zero-order valence-corrected chi connectivity index (χ0v) is 26.5. The van der Waals surface area contributed by atoms with Gasteiger partial charge >= 0.3 is 11.9 Å². The topological polar surface area (TPSA) is 112 Å². The maximum Gasteiger partial charge on any atom is 0.338 e. The number of esters is 2. The molecule has 0 aliphatic rings. The maximum absolute atomic E-state index is 12.3. The summed E-state index contributed by atoms with van der Waals surface area (Å²) in [6.45, 7) is 16.8. The van der Waals surface area contributed by atoms with Gasteiger partial charge in [0.2, 0.25) is 0 Å². The van der Waals surface area contributed by atoms with Crippen LogP contribution in [0.15, 0.2) is 36.4 Å². The monoisotopic (exact) mass is 648 g/mol. The summed E-state index contributed by atoms with van der Waals surface area (Å²) in [5.41, 5.74) is -0.356. The van der Waals surface area contributed by atoms with Crippen LogP contribution in [0.2, 0.25) is 20.1 Å². The van der Waals surface area contributed by atoms with Gasteiger partial charge in [0, 0.05) is 40.5 Å².